The van der Waals surface area contributed by atoms with Crippen molar-refractivity contribution in [2.75, 3.05) is 31.1 Å². The normalized spacial score (nSPS) is 25.3. The third-order valence-electron chi connectivity index (χ3n) is 4.46. The van der Waals surface area contributed by atoms with E-state index in [1.807, 2.05) is 0 Å². The number of piperidine rings is 1. The summed E-state index contributed by atoms with van der Waals surface area (Å²) in [5.41, 5.74) is 0. The third-order valence-corrected chi connectivity index (χ3v) is 4.87. The molecule has 0 aliphatic carbocycles. The summed E-state index contributed by atoms with van der Waals surface area (Å²) in [6, 6.07) is 0.997. The third kappa shape index (κ3) is 2.97. The van der Waals surface area contributed by atoms with E-state index in [9.17, 15) is 5.11 Å². The van der Waals surface area contributed by atoms with Crippen LogP contribution in [0.15, 0.2) is 16.9 Å². The van der Waals surface area contributed by atoms with Gasteiger partial charge in [-0.25, -0.2) is 9.97 Å². The molecule has 20 heavy (non-hydrogen) atoms. The summed E-state index contributed by atoms with van der Waals surface area (Å²) in [7, 11) is 0. The molecular formula is C14H21BrN4O. The number of likely N-dealkylation sites (tertiary alicyclic amines) is 1. The number of aromatic nitrogens is 2. The number of anilines is 1. The summed E-state index contributed by atoms with van der Waals surface area (Å²) >= 11 is 3.36. The highest BCUT2D eigenvalue weighted by molar-refractivity contribution is 9.10. The average molecular weight is 341 g/mol. The second-order valence-corrected chi connectivity index (χ2v) is 6.55. The average Bonchev–Trinajstić information content (AvgIpc) is 2.97. The summed E-state index contributed by atoms with van der Waals surface area (Å²) in [6.07, 6.45) is 8.24. The van der Waals surface area contributed by atoms with Crippen molar-refractivity contribution >= 4 is 21.9 Å². The summed E-state index contributed by atoms with van der Waals surface area (Å²) in [4.78, 5) is 13.5. The number of hydrogen-bond acceptors (Lipinski definition) is 5. The van der Waals surface area contributed by atoms with Crippen molar-refractivity contribution in [1.82, 2.24) is 14.9 Å². The van der Waals surface area contributed by atoms with Gasteiger partial charge in [0, 0.05) is 37.6 Å². The molecule has 2 aliphatic heterocycles. The molecule has 1 aromatic rings. The SMILES string of the molecule is OCC1CCCN1C1CCN(c2ncc(Br)cn2)CC1. The first-order chi connectivity index (χ1) is 9.78. The molecule has 0 aromatic carbocycles. The second-order valence-electron chi connectivity index (χ2n) is 5.64. The molecule has 1 N–H and O–H groups in total. The van der Waals surface area contributed by atoms with Crippen molar-refractivity contribution in [3.05, 3.63) is 16.9 Å². The second kappa shape index (κ2) is 6.37. The minimum Gasteiger partial charge on any atom is -0.395 e. The summed E-state index contributed by atoms with van der Waals surface area (Å²) < 4.78 is 0.916. The fourth-order valence-electron chi connectivity index (χ4n) is 3.40. The molecule has 3 rings (SSSR count). The van der Waals surface area contributed by atoms with E-state index in [2.05, 4.69) is 35.7 Å². The van der Waals surface area contributed by atoms with Crippen LogP contribution in [0.5, 0.6) is 0 Å². The summed E-state index contributed by atoms with van der Waals surface area (Å²) in [5.74, 6) is 0.826. The number of rotatable bonds is 3. The van der Waals surface area contributed by atoms with E-state index in [1.165, 1.54) is 6.42 Å². The number of aliphatic hydroxyl groups excluding tert-OH is 1. The number of hydrogen-bond donors (Lipinski definition) is 1. The molecule has 2 saturated heterocycles. The van der Waals surface area contributed by atoms with Crippen LogP contribution < -0.4 is 4.90 Å². The van der Waals surface area contributed by atoms with Crippen LogP contribution in [0.4, 0.5) is 5.95 Å². The highest BCUT2D eigenvalue weighted by Gasteiger charge is 2.32. The maximum Gasteiger partial charge on any atom is 0.225 e. The molecule has 1 unspecified atom stereocenters. The lowest BCUT2D eigenvalue weighted by atomic mass is 10.0. The zero-order valence-electron chi connectivity index (χ0n) is 11.6. The first-order valence-corrected chi connectivity index (χ1v) is 8.16. The zero-order valence-corrected chi connectivity index (χ0v) is 13.2. The van der Waals surface area contributed by atoms with E-state index in [0.717, 1.165) is 49.3 Å². The Morgan fingerprint density at radius 1 is 1.15 bits per heavy atom. The van der Waals surface area contributed by atoms with Gasteiger partial charge in [-0.1, -0.05) is 0 Å². The van der Waals surface area contributed by atoms with Gasteiger partial charge in [-0.05, 0) is 48.2 Å². The van der Waals surface area contributed by atoms with Crippen LogP contribution in [0.2, 0.25) is 0 Å². The van der Waals surface area contributed by atoms with Crippen LogP contribution in [-0.4, -0.2) is 58.3 Å². The van der Waals surface area contributed by atoms with Crippen LogP contribution in [0.25, 0.3) is 0 Å². The van der Waals surface area contributed by atoms with Crippen LogP contribution in [-0.2, 0) is 0 Å². The quantitative estimate of drug-likeness (QED) is 0.906. The first kappa shape index (κ1) is 14.2. The maximum absolute atomic E-state index is 9.45. The molecule has 1 aromatic heterocycles. The van der Waals surface area contributed by atoms with Gasteiger partial charge in [0.2, 0.25) is 5.95 Å². The number of nitrogens with zero attached hydrogens (tertiary/aromatic N) is 4. The topological polar surface area (TPSA) is 52.5 Å². The minimum absolute atomic E-state index is 0.302. The van der Waals surface area contributed by atoms with Crippen molar-refractivity contribution in [2.45, 2.75) is 37.8 Å². The molecular weight excluding hydrogens is 320 g/mol. The zero-order chi connectivity index (χ0) is 13.9. The molecule has 1 atom stereocenters. The molecule has 0 radical (unpaired) electrons. The molecule has 2 aliphatic rings. The van der Waals surface area contributed by atoms with Gasteiger partial charge in [0.1, 0.15) is 0 Å². The highest BCUT2D eigenvalue weighted by Crippen LogP contribution is 2.26. The number of halogens is 1. The van der Waals surface area contributed by atoms with Crippen molar-refractivity contribution in [1.29, 1.82) is 0 Å². The molecule has 5 nitrogen and oxygen atoms in total. The molecule has 0 saturated carbocycles. The highest BCUT2D eigenvalue weighted by atomic mass is 79.9. The van der Waals surface area contributed by atoms with Gasteiger partial charge in [0.25, 0.3) is 0 Å². The van der Waals surface area contributed by atoms with E-state index in [1.54, 1.807) is 12.4 Å². The lowest BCUT2D eigenvalue weighted by Crippen LogP contribution is -2.48. The summed E-state index contributed by atoms with van der Waals surface area (Å²) in [6.45, 7) is 3.45. The van der Waals surface area contributed by atoms with Gasteiger partial charge < -0.3 is 10.0 Å². The van der Waals surface area contributed by atoms with E-state index in [4.69, 9.17) is 0 Å². The van der Waals surface area contributed by atoms with Crippen molar-refractivity contribution in [3.63, 3.8) is 0 Å². The van der Waals surface area contributed by atoms with E-state index in [-0.39, 0.29) is 0 Å². The van der Waals surface area contributed by atoms with Gasteiger partial charge in [0.15, 0.2) is 0 Å². The smallest absolute Gasteiger partial charge is 0.225 e. The Kier molecular flexibility index (Phi) is 4.53. The molecule has 0 spiro atoms. The Morgan fingerprint density at radius 2 is 1.85 bits per heavy atom. The Hall–Kier alpha value is -0.720. The Balaban J connectivity index is 1.58. The van der Waals surface area contributed by atoms with Gasteiger partial charge in [0.05, 0.1) is 11.1 Å². The van der Waals surface area contributed by atoms with Gasteiger partial charge in [-0.2, -0.15) is 0 Å². The van der Waals surface area contributed by atoms with Crippen LogP contribution in [0.1, 0.15) is 25.7 Å². The van der Waals surface area contributed by atoms with Gasteiger partial charge >= 0.3 is 0 Å². The molecule has 0 amide bonds. The fraction of sp³-hybridized carbons (Fsp3) is 0.714. The first-order valence-electron chi connectivity index (χ1n) is 7.37. The van der Waals surface area contributed by atoms with Crippen LogP contribution in [0.3, 0.4) is 0 Å². The largest absolute Gasteiger partial charge is 0.395 e. The maximum atomic E-state index is 9.45. The van der Waals surface area contributed by atoms with Crippen molar-refractivity contribution in [2.24, 2.45) is 0 Å². The van der Waals surface area contributed by atoms with Gasteiger partial charge in [-0.3, -0.25) is 4.90 Å². The standard InChI is InChI=1S/C14H21BrN4O/c15-11-8-16-14(17-9-11)18-6-3-12(4-7-18)19-5-1-2-13(19)10-20/h8-9,12-13,20H,1-7,10H2. The van der Waals surface area contributed by atoms with E-state index < -0.39 is 0 Å². The Labute approximate surface area is 128 Å². The molecule has 2 fully saturated rings. The molecule has 3 heterocycles. The lowest BCUT2D eigenvalue weighted by molar-refractivity contribution is 0.105. The number of aliphatic hydroxyl groups is 1. The summed E-state index contributed by atoms with van der Waals surface area (Å²) in [5, 5.41) is 9.45. The molecule has 0 bridgehead atoms. The Morgan fingerprint density at radius 3 is 2.50 bits per heavy atom. The predicted molar refractivity (Wildman–Crippen MR) is 81.8 cm³/mol. The monoisotopic (exact) mass is 340 g/mol. The molecule has 6 heteroatoms. The van der Waals surface area contributed by atoms with Crippen LogP contribution in [0, 0.1) is 0 Å². The van der Waals surface area contributed by atoms with E-state index >= 15 is 0 Å². The van der Waals surface area contributed by atoms with E-state index in [0.29, 0.717) is 18.7 Å². The van der Waals surface area contributed by atoms with Gasteiger partial charge in [-0.15, -0.1) is 0 Å². The van der Waals surface area contributed by atoms with Crippen molar-refractivity contribution in [3.8, 4) is 0 Å². The molecule has 110 valence electrons. The van der Waals surface area contributed by atoms with Crippen molar-refractivity contribution < 1.29 is 5.11 Å². The van der Waals surface area contributed by atoms with Crippen LogP contribution >= 0.6 is 15.9 Å². The Bertz CT molecular complexity index is 433. The fourth-order valence-corrected chi connectivity index (χ4v) is 3.61. The minimum atomic E-state index is 0.302. The predicted octanol–water partition coefficient (Wildman–Crippen LogP) is 1.66. The lowest BCUT2D eigenvalue weighted by Gasteiger charge is -2.39.